The highest BCUT2D eigenvalue weighted by atomic mass is 32.2. The minimum atomic E-state index is -0.147. The van der Waals surface area contributed by atoms with Gasteiger partial charge in [0.1, 0.15) is 0 Å². The first-order valence-electron chi connectivity index (χ1n) is 9.71. The second-order valence-corrected chi connectivity index (χ2v) is 9.21. The molecule has 7 nitrogen and oxygen atoms in total. The van der Waals surface area contributed by atoms with Crippen LogP contribution in [0, 0.1) is 19.8 Å². The third kappa shape index (κ3) is 5.93. The van der Waals surface area contributed by atoms with Crippen LogP contribution in [0.15, 0.2) is 22.5 Å². The van der Waals surface area contributed by atoms with Gasteiger partial charge >= 0.3 is 5.97 Å². The van der Waals surface area contributed by atoms with Gasteiger partial charge in [-0.1, -0.05) is 40.8 Å². The molecule has 0 saturated carbocycles. The molecule has 1 aromatic heterocycles. The van der Waals surface area contributed by atoms with Crippen molar-refractivity contribution >= 4 is 45.8 Å². The van der Waals surface area contributed by atoms with Crippen molar-refractivity contribution in [2.75, 3.05) is 30.8 Å². The zero-order chi connectivity index (χ0) is 20.8. The summed E-state index contributed by atoms with van der Waals surface area (Å²) in [5.41, 5.74) is 3.37. The average Bonchev–Trinajstić information content (AvgIpc) is 3.16. The third-order valence-electron chi connectivity index (χ3n) is 4.82. The molecule has 3 rings (SSSR count). The molecule has 0 aliphatic carbocycles. The van der Waals surface area contributed by atoms with Gasteiger partial charge in [-0.3, -0.25) is 9.59 Å². The number of amides is 1. The second-order valence-electron chi connectivity index (χ2n) is 7.01. The Morgan fingerprint density at radius 3 is 2.72 bits per heavy atom. The molecule has 1 N–H and O–H groups in total. The number of benzene rings is 1. The van der Waals surface area contributed by atoms with Gasteiger partial charge in [0, 0.05) is 18.8 Å². The van der Waals surface area contributed by atoms with Crippen molar-refractivity contribution in [3.63, 3.8) is 0 Å². The van der Waals surface area contributed by atoms with Gasteiger partial charge in [0.15, 0.2) is 4.34 Å². The number of hydrogen-bond acceptors (Lipinski definition) is 8. The van der Waals surface area contributed by atoms with Crippen LogP contribution in [0.2, 0.25) is 0 Å². The molecule has 1 amide bonds. The number of carbonyl (C=O) groups is 2. The zero-order valence-corrected chi connectivity index (χ0v) is 18.6. The Hall–Kier alpha value is -2.13. The molecule has 1 saturated heterocycles. The number of hydrogen-bond donors (Lipinski definition) is 1. The van der Waals surface area contributed by atoms with E-state index in [0.717, 1.165) is 15.6 Å². The lowest BCUT2D eigenvalue weighted by Gasteiger charge is -2.30. The molecular formula is C20H26N4O3S2. The van der Waals surface area contributed by atoms with Crippen molar-refractivity contribution < 1.29 is 14.3 Å². The molecule has 1 aliphatic rings. The number of nitrogens with zero attached hydrogens (tertiary/aromatic N) is 3. The van der Waals surface area contributed by atoms with Crippen LogP contribution in [-0.2, 0) is 14.3 Å². The SMILES string of the molecule is CCOC(=O)C1CCN(C(=O)CSc2nnc(Nc3ccc(C)cc3C)s2)CC1. The number of carbonyl (C=O) groups excluding carboxylic acids is 2. The summed E-state index contributed by atoms with van der Waals surface area (Å²) in [6, 6.07) is 6.20. The molecule has 1 fully saturated rings. The van der Waals surface area contributed by atoms with Crippen molar-refractivity contribution in [1.29, 1.82) is 0 Å². The number of thioether (sulfide) groups is 1. The van der Waals surface area contributed by atoms with Gasteiger partial charge in [0.2, 0.25) is 11.0 Å². The van der Waals surface area contributed by atoms with Crippen molar-refractivity contribution in [1.82, 2.24) is 15.1 Å². The predicted octanol–water partition coefficient (Wildman–Crippen LogP) is 3.79. The van der Waals surface area contributed by atoms with Crippen LogP contribution in [-0.4, -0.2) is 52.4 Å². The Balaban J connectivity index is 1.46. The fourth-order valence-electron chi connectivity index (χ4n) is 3.23. The van der Waals surface area contributed by atoms with E-state index in [9.17, 15) is 9.59 Å². The number of piperidine rings is 1. The highest BCUT2D eigenvalue weighted by molar-refractivity contribution is 8.01. The van der Waals surface area contributed by atoms with Crippen LogP contribution in [0.1, 0.15) is 30.9 Å². The lowest BCUT2D eigenvalue weighted by atomic mass is 9.97. The summed E-state index contributed by atoms with van der Waals surface area (Å²) in [7, 11) is 0. The quantitative estimate of drug-likeness (QED) is 0.524. The standard InChI is InChI=1S/C20H26N4O3S2/c1-4-27-18(26)15-7-9-24(10-8-15)17(25)12-28-20-23-22-19(29-20)21-16-6-5-13(2)11-14(16)3/h5-6,11,15H,4,7-10,12H2,1-3H3,(H,21,22). The number of rotatable bonds is 7. The minimum absolute atomic E-state index is 0.0661. The summed E-state index contributed by atoms with van der Waals surface area (Å²) in [5, 5.41) is 12.3. The summed E-state index contributed by atoms with van der Waals surface area (Å²) in [6.45, 7) is 7.51. The first kappa shape index (κ1) is 21.6. The maximum absolute atomic E-state index is 12.5. The molecule has 156 valence electrons. The predicted molar refractivity (Wildman–Crippen MR) is 116 cm³/mol. The molecule has 9 heteroatoms. The van der Waals surface area contributed by atoms with Gasteiger partial charge in [-0.05, 0) is 45.2 Å². The van der Waals surface area contributed by atoms with Crippen molar-refractivity contribution in [2.45, 2.75) is 38.0 Å². The number of ether oxygens (including phenoxy) is 1. The number of nitrogens with one attached hydrogen (secondary N) is 1. The highest BCUT2D eigenvalue weighted by Gasteiger charge is 2.28. The molecule has 1 aliphatic heterocycles. The zero-order valence-electron chi connectivity index (χ0n) is 16.9. The van der Waals surface area contributed by atoms with Gasteiger partial charge in [0.25, 0.3) is 0 Å². The van der Waals surface area contributed by atoms with Crippen LogP contribution in [0.3, 0.4) is 0 Å². The topological polar surface area (TPSA) is 84.4 Å². The molecule has 0 atom stereocenters. The Morgan fingerprint density at radius 1 is 1.28 bits per heavy atom. The van der Waals surface area contributed by atoms with E-state index in [0.29, 0.717) is 43.4 Å². The van der Waals surface area contributed by atoms with Crippen LogP contribution in [0.25, 0.3) is 0 Å². The van der Waals surface area contributed by atoms with Gasteiger partial charge in [-0.15, -0.1) is 10.2 Å². The van der Waals surface area contributed by atoms with Crippen molar-refractivity contribution in [2.24, 2.45) is 5.92 Å². The number of likely N-dealkylation sites (tertiary alicyclic amines) is 1. The normalized spacial score (nSPS) is 14.7. The Bertz CT molecular complexity index is 863. The number of anilines is 2. The Labute approximate surface area is 179 Å². The maximum atomic E-state index is 12.5. The van der Waals surface area contributed by atoms with E-state index in [2.05, 4.69) is 41.5 Å². The second kappa shape index (κ2) is 10.1. The molecule has 2 aromatic rings. The summed E-state index contributed by atoms with van der Waals surface area (Å²) in [6.07, 6.45) is 1.33. The Kier molecular flexibility index (Phi) is 7.49. The fourth-order valence-corrected chi connectivity index (χ4v) is 4.89. The maximum Gasteiger partial charge on any atom is 0.309 e. The number of esters is 1. The van der Waals surface area contributed by atoms with E-state index < -0.39 is 0 Å². The molecule has 1 aromatic carbocycles. The van der Waals surface area contributed by atoms with E-state index in [-0.39, 0.29) is 17.8 Å². The van der Waals surface area contributed by atoms with Crippen molar-refractivity contribution in [3.8, 4) is 0 Å². The summed E-state index contributed by atoms with van der Waals surface area (Å²) < 4.78 is 5.83. The van der Waals surface area contributed by atoms with E-state index in [4.69, 9.17) is 4.74 Å². The van der Waals surface area contributed by atoms with E-state index in [1.54, 1.807) is 0 Å². The molecule has 29 heavy (non-hydrogen) atoms. The van der Waals surface area contributed by atoms with Crippen LogP contribution in [0.4, 0.5) is 10.8 Å². The van der Waals surface area contributed by atoms with E-state index in [1.165, 1.54) is 28.7 Å². The van der Waals surface area contributed by atoms with Crippen molar-refractivity contribution in [3.05, 3.63) is 29.3 Å². The van der Waals surface area contributed by atoms with E-state index >= 15 is 0 Å². The number of aryl methyl sites for hydroxylation is 2. The summed E-state index contributed by atoms with van der Waals surface area (Å²) in [5.74, 6) is 0.152. The molecule has 0 unspecified atom stereocenters. The third-order valence-corrected chi connectivity index (χ3v) is 6.77. The largest absolute Gasteiger partial charge is 0.466 e. The van der Waals surface area contributed by atoms with Crippen LogP contribution in [0.5, 0.6) is 0 Å². The molecule has 2 heterocycles. The molecule has 0 radical (unpaired) electrons. The summed E-state index contributed by atoms with van der Waals surface area (Å²) >= 11 is 2.83. The fraction of sp³-hybridized carbons (Fsp3) is 0.500. The number of aromatic nitrogens is 2. The average molecular weight is 435 g/mol. The van der Waals surface area contributed by atoms with Crippen LogP contribution < -0.4 is 5.32 Å². The van der Waals surface area contributed by atoms with Gasteiger partial charge in [-0.25, -0.2) is 0 Å². The smallest absolute Gasteiger partial charge is 0.309 e. The monoisotopic (exact) mass is 434 g/mol. The van der Waals surface area contributed by atoms with E-state index in [1.807, 2.05) is 17.9 Å². The van der Waals surface area contributed by atoms with Gasteiger partial charge in [-0.2, -0.15) is 0 Å². The minimum Gasteiger partial charge on any atom is -0.466 e. The first-order chi connectivity index (χ1) is 14.0. The van der Waals surface area contributed by atoms with Crippen LogP contribution >= 0.6 is 23.1 Å². The van der Waals surface area contributed by atoms with Gasteiger partial charge in [0.05, 0.1) is 18.3 Å². The lowest BCUT2D eigenvalue weighted by Crippen LogP contribution is -2.41. The molecular weight excluding hydrogens is 408 g/mol. The molecule has 0 spiro atoms. The lowest BCUT2D eigenvalue weighted by molar-refractivity contribution is -0.151. The summed E-state index contributed by atoms with van der Waals surface area (Å²) in [4.78, 5) is 26.1. The first-order valence-corrected chi connectivity index (χ1v) is 11.5. The van der Waals surface area contributed by atoms with Gasteiger partial charge < -0.3 is 15.0 Å². The molecule has 0 bridgehead atoms. The Morgan fingerprint density at radius 2 is 2.03 bits per heavy atom. The highest BCUT2D eigenvalue weighted by Crippen LogP contribution is 2.29.